The van der Waals surface area contributed by atoms with E-state index >= 15 is 0 Å². The highest BCUT2D eigenvalue weighted by Crippen LogP contribution is 2.66. The monoisotopic (exact) mass is 1320 g/mol. The molecule has 88 heavy (non-hydrogen) atoms. The number of alkyl carbamates (subject to hydrolysis) is 1. The lowest BCUT2D eigenvalue weighted by atomic mass is 10.0. The van der Waals surface area contributed by atoms with Crippen molar-refractivity contribution in [2.75, 3.05) is 56.9 Å². The minimum Gasteiger partial charge on any atom is -0.480 e. The number of hydrogen-bond donors (Lipinski definition) is 13. The van der Waals surface area contributed by atoms with Gasteiger partial charge in [-0.25, -0.2) is 48.1 Å². The number of pyridine rings is 3. The zero-order chi connectivity index (χ0) is 63.9. The van der Waals surface area contributed by atoms with E-state index in [4.69, 9.17) is 46.9 Å². The first-order valence-corrected chi connectivity index (χ1v) is 32.0. The number of carbonyl (C=O) groups is 5. The number of nitrogens with two attached hydrogens (primary N) is 1. The Labute approximate surface area is 508 Å². The van der Waals surface area contributed by atoms with Gasteiger partial charge in [-0.2, -0.15) is 4.31 Å². The largest absolute Gasteiger partial charge is 0.488 e. The zero-order valence-corrected chi connectivity index (χ0v) is 50.1. The number of phosphoric acid groups is 2. The van der Waals surface area contributed by atoms with Crippen LogP contribution in [-0.2, 0) is 75.8 Å². The van der Waals surface area contributed by atoms with Gasteiger partial charge in [-0.05, 0) is 96.5 Å². The molecule has 1 fully saturated rings. The average Bonchev–Trinajstić information content (AvgIpc) is 2.28. The van der Waals surface area contributed by atoms with Gasteiger partial charge >= 0.3 is 52.3 Å². The summed E-state index contributed by atoms with van der Waals surface area (Å²) in [4.78, 5) is 126. The van der Waals surface area contributed by atoms with E-state index in [2.05, 4.69) is 51.3 Å². The van der Waals surface area contributed by atoms with Gasteiger partial charge in [-0.3, -0.25) is 38.1 Å². The third-order valence-corrected chi connectivity index (χ3v) is 17.0. The number of benzene rings is 1. The molecular formula is C49H58N13O21P3S2. The predicted octanol–water partition coefficient (Wildman–Crippen LogP) is 2.90. The highest BCUT2D eigenvalue weighted by molar-refractivity contribution is 8.08. The van der Waals surface area contributed by atoms with Crippen molar-refractivity contribution in [2.24, 2.45) is 0 Å². The number of rotatable bonds is 32. The van der Waals surface area contributed by atoms with E-state index in [-0.39, 0.29) is 36.6 Å². The van der Waals surface area contributed by atoms with Gasteiger partial charge < -0.3 is 76.3 Å². The van der Waals surface area contributed by atoms with Gasteiger partial charge in [-0.15, -0.1) is 0 Å². The number of hydrogen-bond acceptors (Lipinski definition) is 24. The van der Waals surface area contributed by atoms with Gasteiger partial charge in [0.2, 0.25) is 0 Å². The third-order valence-electron chi connectivity index (χ3n) is 12.3. The van der Waals surface area contributed by atoms with E-state index in [0.29, 0.717) is 82.8 Å². The van der Waals surface area contributed by atoms with Crippen LogP contribution in [-0.4, -0.2) is 189 Å². The van der Waals surface area contributed by atoms with Gasteiger partial charge in [0.15, 0.2) is 28.9 Å². The lowest BCUT2D eigenvalue weighted by Gasteiger charge is -2.22. The van der Waals surface area contributed by atoms with Crippen molar-refractivity contribution in [2.45, 2.75) is 63.3 Å². The maximum Gasteiger partial charge on any atom is 0.488 e. The van der Waals surface area contributed by atoms with Crippen LogP contribution < -0.4 is 21.7 Å². The van der Waals surface area contributed by atoms with E-state index in [1.807, 2.05) is 12.1 Å². The average molecular weight is 1320 g/mol. The molecule has 34 nitrogen and oxygen atoms in total. The van der Waals surface area contributed by atoms with E-state index in [9.17, 15) is 78.2 Å². The molecular weight excluding hydrogens is 1260 g/mol. The number of phosphoric ester groups is 1. The second kappa shape index (κ2) is 30.6. The molecule has 7 rings (SSSR count). The van der Waals surface area contributed by atoms with Gasteiger partial charge in [0, 0.05) is 31.9 Å². The summed E-state index contributed by atoms with van der Waals surface area (Å²) in [6.45, 7) is -7.65. The number of aliphatic hydroxyl groups is 1. The fourth-order valence-electron chi connectivity index (χ4n) is 8.76. The van der Waals surface area contributed by atoms with Crippen LogP contribution in [0.3, 0.4) is 0 Å². The van der Waals surface area contributed by atoms with Gasteiger partial charge in [0.1, 0.15) is 24.1 Å². The SMILES string of the molecule is Nc1ncnc2c1ncn2[C@@H]1O[C@H](COP(=O)(O)OP(=O)(O)OP(O)(O)=S)C(O)[C@@H]1OC(=O)NCCCCCCNC(=S)Nc1ccc(-c2cc(-c3cccc(CN(CC(=O)O)CC(=O)O)n3)nc(-c3cccc(CN(CC(=O)O)CC(=O)O)n3)c2)cc1. The number of nitrogens with zero attached hydrogens (tertiary/aromatic N) is 9. The highest BCUT2D eigenvalue weighted by Gasteiger charge is 2.49. The van der Waals surface area contributed by atoms with Gasteiger partial charge in [0.25, 0.3) is 0 Å². The molecule has 0 saturated carbocycles. The summed E-state index contributed by atoms with van der Waals surface area (Å²) in [6.07, 6.45) is -2.48. The molecule has 0 bridgehead atoms. The number of aliphatic hydroxyl groups excluding tert-OH is 1. The summed E-state index contributed by atoms with van der Waals surface area (Å²) in [5, 5.41) is 58.1. The van der Waals surface area contributed by atoms with Crippen LogP contribution in [0.1, 0.15) is 43.3 Å². The predicted molar refractivity (Wildman–Crippen MR) is 314 cm³/mol. The molecule has 6 heterocycles. The number of aliphatic carboxylic acids is 4. The van der Waals surface area contributed by atoms with E-state index in [1.54, 1.807) is 60.7 Å². The first-order chi connectivity index (χ1) is 41.6. The molecule has 0 aliphatic carbocycles. The number of thiocarbonyl (C=S) groups is 1. The Balaban J connectivity index is 0.930. The van der Waals surface area contributed by atoms with Crippen LogP contribution in [0.2, 0.25) is 0 Å². The molecule has 0 radical (unpaired) electrons. The molecule has 5 aromatic heterocycles. The number of aromatic nitrogens is 7. The van der Waals surface area contributed by atoms with Crippen LogP contribution in [0.25, 0.3) is 45.1 Å². The lowest BCUT2D eigenvalue weighted by Crippen LogP contribution is -2.40. The molecule has 1 aliphatic rings. The Morgan fingerprint density at radius 1 is 0.682 bits per heavy atom. The summed E-state index contributed by atoms with van der Waals surface area (Å²) in [5.41, 5.74) is 10.3. The van der Waals surface area contributed by atoms with E-state index < -0.39 is 110 Å². The minimum absolute atomic E-state index is 0.0206. The molecule has 1 aliphatic heterocycles. The Morgan fingerprint density at radius 2 is 1.23 bits per heavy atom. The second-order valence-electron chi connectivity index (χ2n) is 19.2. The van der Waals surface area contributed by atoms with Gasteiger partial charge in [-0.1, -0.05) is 37.1 Å². The molecule has 472 valence electrons. The first-order valence-electron chi connectivity index (χ1n) is 26.0. The number of imidazole rings is 1. The number of anilines is 2. The van der Waals surface area contributed by atoms with Crippen molar-refractivity contribution in [1.29, 1.82) is 0 Å². The van der Waals surface area contributed by atoms with Crippen LogP contribution in [0.15, 0.2) is 85.5 Å². The van der Waals surface area contributed by atoms with Crippen LogP contribution in [0, 0.1) is 0 Å². The van der Waals surface area contributed by atoms with E-state index in [1.165, 1.54) is 20.7 Å². The number of nitrogens with one attached hydrogen (secondary N) is 3. The lowest BCUT2D eigenvalue weighted by molar-refractivity contribution is -0.144. The fourth-order valence-corrected chi connectivity index (χ4v) is 12.8. The van der Waals surface area contributed by atoms with Crippen molar-refractivity contribution in [1.82, 2.24) is 54.9 Å². The topological polar surface area (TPSA) is 499 Å². The molecule has 39 heteroatoms. The fraction of sp³-hybridized carbons (Fsp3) is 0.347. The third kappa shape index (κ3) is 20.8. The number of carbonyl (C=O) groups excluding carboxylic acids is 1. The summed E-state index contributed by atoms with van der Waals surface area (Å²) in [7, 11) is -11.2. The first kappa shape index (κ1) is 68.0. The molecule has 1 amide bonds. The molecule has 3 unspecified atom stereocenters. The zero-order valence-electron chi connectivity index (χ0n) is 45.8. The summed E-state index contributed by atoms with van der Waals surface area (Å²) in [6, 6.07) is 20.8. The number of carboxylic acid groups (broad SMARTS) is 4. The maximum absolute atomic E-state index is 13.1. The molecule has 6 aromatic rings. The smallest absolute Gasteiger partial charge is 0.480 e. The quantitative estimate of drug-likeness (QED) is 0.0164. The van der Waals surface area contributed by atoms with Crippen molar-refractivity contribution < 1.29 is 101 Å². The highest BCUT2D eigenvalue weighted by atomic mass is 32.5. The normalized spacial score (nSPS) is 17.3. The van der Waals surface area contributed by atoms with Crippen LogP contribution in [0.4, 0.5) is 16.3 Å². The number of amides is 1. The van der Waals surface area contributed by atoms with Crippen molar-refractivity contribution in [3.8, 4) is 33.9 Å². The molecule has 1 saturated heterocycles. The Hall–Kier alpha value is -7.47. The Kier molecular flexibility index (Phi) is 23.7. The Morgan fingerprint density at radius 3 is 1.76 bits per heavy atom. The van der Waals surface area contributed by atoms with Crippen LogP contribution >= 0.6 is 34.6 Å². The molecule has 0 spiro atoms. The number of nitrogen functional groups attached to an aromatic ring is 1. The molecule has 14 N–H and O–H groups in total. The summed E-state index contributed by atoms with van der Waals surface area (Å²) in [5.74, 6) is -4.90. The van der Waals surface area contributed by atoms with Crippen LogP contribution in [0.5, 0.6) is 0 Å². The van der Waals surface area contributed by atoms with E-state index in [0.717, 1.165) is 11.9 Å². The summed E-state index contributed by atoms with van der Waals surface area (Å²) >= 11 is 9.65. The number of fused-ring (bicyclic) bond motifs is 1. The van der Waals surface area contributed by atoms with Crippen molar-refractivity contribution >= 4 is 104 Å². The molecule has 1 aromatic carbocycles. The Bertz CT molecular complexity index is 3530. The minimum atomic E-state index is -5.66. The number of ether oxygens (including phenoxy) is 2. The van der Waals surface area contributed by atoms with Crippen molar-refractivity contribution in [3.05, 3.63) is 96.8 Å². The number of unbranched alkanes of at least 4 members (excludes halogenated alkanes) is 3. The number of carboxylic acids is 4. The molecule has 6 atom stereocenters. The van der Waals surface area contributed by atoms with Crippen molar-refractivity contribution in [3.63, 3.8) is 0 Å². The maximum atomic E-state index is 13.1. The van der Waals surface area contributed by atoms with Gasteiger partial charge in [0.05, 0.1) is 73.3 Å². The standard InChI is InChI=1S/C49H58N13O21P3S2/c50-45-42-46(54-26-53-45)62(27-55-42)47-44(43(71)37(80-47)25-79-84(73,74)82-85(75,76)83-86(77,78)88)81-49(72)52-16-4-2-1-3-15-51-48(87)58-30-13-11-28(12-14-30)29-17-35(33-9-5-7-31(56-33)19-60(21-38(63)64)22-39(65)66)59-36(18-29)34-10-6-8-32(57-34)20-61(23-40(67)68)24-41(69)70/h5-14,17-18,26-27,37,43-44,47,71H,1-4,15-16,19-25H2,(H,52,72)(H,63,64)(H,65,66)(H,67,68)(H,69,70)(H,73,74)(H,75,76)(H2,50,53,54)(H2,51,58,87)(H2,77,78,88)/t37-,43?,44+,47-/m1/s1. The summed E-state index contributed by atoms with van der Waals surface area (Å²) < 4.78 is 49.8. The second-order valence-corrected chi connectivity index (χ2v) is 25.5.